The fourth-order valence-corrected chi connectivity index (χ4v) is 2.32. The lowest BCUT2D eigenvalue weighted by Gasteiger charge is -2.38. The van der Waals surface area contributed by atoms with Crippen molar-refractivity contribution >= 4 is 17.3 Å². The SMILES string of the molecule is CN=C(NCc1ccsc1)NCC1(C)COC1. The fourth-order valence-electron chi connectivity index (χ4n) is 1.65. The molecule has 1 aromatic heterocycles. The van der Waals surface area contributed by atoms with Crippen LogP contribution in [0, 0.1) is 5.41 Å². The molecule has 5 heteroatoms. The lowest BCUT2D eigenvalue weighted by molar-refractivity contribution is -0.0971. The third-order valence-electron chi connectivity index (χ3n) is 2.85. The minimum absolute atomic E-state index is 0.264. The summed E-state index contributed by atoms with van der Waals surface area (Å²) in [5, 5.41) is 10.9. The summed E-state index contributed by atoms with van der Waals surface area (Å²) in [6, 6.07) is 2.12. The van der Waals surface area contributed by atoms with Gasteiger partial charge < -0.3 is 15.4 Å². The molecule has 2 rings (SSSR count). The average Bonchev–Trinajstić information content (AvgIpc) is 2.80. The largest absolute Gasteiger partial charge is 0.380 e. The highest BCUT2D eigenvalue weighted by atomic mass is 32.1. The number of hydrogen-bond donors (Lipinski definition) is 2. The summed E-state index contributed by atoms with van der Waals surface area (Å²) in [6.07, 6.45) is 0. The number of thiophene rings is 1. The summed E-state index contributed by atoms with van der Waals surface area (Å²) in [5.74, 6) is 0.851. The van der Waals surface area contributed by atoms with Gasteiger partial charge in [-0.1, -0.05) is 6.92 Å². The van der Waals surface area contributed by atoms with Crippen molar-refractivity contribution in [2.45, 2.75) is 13.5 Å². The normalized spacial score (nSPS) is 18.6. The molecule has 1 saturated heterocycles. The van der Waals surface area contributed by atoms with Crippen LogP contribution in [0.4, 0.5) is 0 Å². The molecule has 0 aromatic carbocycles. The predicted molar refractivity (Wildman–Crippen MR) is 71.4 cm³/mol. The Hall–Kier alpha value is -1.07. The van der Waals surface area contributed by atoms with Crippen LogP contribution in [0.2, 0.25) is 0 Å². The highest BCUT2D eigenvalue weighted by molar-refractivity contribution is 7.07. The first kappa shape index (κ1) is 12.4. The Morgan fingerprint density at radius 2 is 2.35 bits per heavy atom. The molecular formula is C12H19N3OS. The molecule has 1 fully saturated rings. The standard InChI is InChI=1S/C12H19N3OS/c1-12(8-16-9-12)7-15-11(13-2)14-5-10-3-4-17-6-10/h3-4,6H,5,7-9H2,1-2H3,(H2,13,14,15). The van der Waals surface area contributed by atoms with E-state index < -0.39 is 0 Å². The van der Waals surface area contributed by atoms with Crippen molar-refractivity contribution in [3.8, 4) is 0 Å². The number of nitrogens with zero attached hydrogens (tertiary/aromatic N) is 1. The molecule has 0 radical (unpaired) electrons. The molecule has 0 saturated carbocycles. The first-order valence-corrected chi connectivity index (χ1v) is 6.69. The zero-order valence-electron chi connectivity index (χ0n) is 10.3. The van der Waals surface area contributed by atoms with Crippen LogP contribution in [0.3, 0.4) is 0 Å². The second kappa shape index (κ2) is 5.51. The van der Waals surface area contributed by atoms with Crippen molar-refractivity contribution in [1.82, 2.24) is 10.6 Å². The van der Waals surface area contributed by atoms with Gasteiger partial charge in [0.05, 0.1) is 13.2 Å². The molecule has 1 aliphatic rings. The van der Waals surface area contributed by atoms with E-state index in [-0.39, 0.29) is 5.41 Å². The van der Waals surface area contributed by atoms with Gasteiger partial charge in [0.25, 0.3) is 0 Å². The summed E-state index contributed by atoms with van der Waals surface area (Å²) in [4.78, 5) is 4.21. The topological polar surface area (TPSA) is 45.7 Å². The summed E-state index contributed by atoms with van der Waals surface area (Å²) in [7, 11) is 1.79. The van der Waals surface area contributed by atoms with Crippen molar-refractivity contribution in [3.05, 3.63) is 22.4 Å². The van der Waals surface area contributed by atoms with Crippen molar-refractivity contribution in [3.63, 3.8) is 0 Å². The lowest BCUT2D eigenvalue weighted by atomic mass is 9.89. The molecule has 0 bridgehead atoms. The summed E-state index contributed by atoms with van der Waals surface area (Å²) in [5.41, 5.74) is 1.55. The first-order valence-electron chi connectivity index (χ1n) is 5.75. The Bertz CT molecular complexity index is 371. The van der Waals surface area contributed by atoms with Gasteiger partial charge in [0.1, 0.15) is 0 Å². The molecule has 0 spiro atoms. The smallest absolute Gasteiger partial charge is 0.191 e. The Morgan fingerprint density at radius 3 is 2.88 bits per heavy atom. The van der Waals surface area contributed by atoms with Gasteiger partial charge in [0.15, 0.2) is 5.96 Å². The van der Waals surface area contributed by atoms with Gasteiger partial charge >= 0.3 is 0 Å². The van der Waals surface area contributed by atoms with Crippen LogP contribution in [0.1, 0.15) is 12.5 Å². The van der Waals surface area contributed by atoms with E-state index in [4.69, 9.17) is 4.74 Å². The molecule has 4 nitrogen and oxygen atoms in total. The van der Waals surface area contributed by atoms with Crippen molar-refractivity contribution in [1.29, 1.82) is 0 Å². The zero-order chi connectivity index (χ0) is 12.1. The van der Waals surface area contributed by atoms with Gasteiger partial charge in [0.2, 0.25) is 0 Å². The number of hydrogen-bond acceptors (Lipinski definition) is 3. The number of ether oxygens (including phenoxy) is 1. The molecular weight excluding hydrogens is 234 g/mol. The van der Waals surface area contributed by atoms with Gasteiger partial charge in [-0.2, -0.15) is 11.3 Å². The van der Waals surface area contributed by atoms with E-state index in [1.54, 1.807) is 18.4 Å². The molecule has 2 heterocycles. The highest BCUT2D eigenvalue weighted by Crippen LogP contribution is 2.24. The van der Waals surface area contributed by atoms with E-state index in [1.165, 1.54) is 5.56 Å². The minimum atomic E-state index is 0.264. The van der Waals surface area contributed by atoms with Crippen LogP contribution in [-0.2, 0) is 11.3 Å². The van der Waals surface area contributed by atoms with Gasteiger partial charge in [-0.25, -0.2) is 0 Å². The summed E-state index contributed by atoms with van der Waals surface area (Å²) >= 11 is 1.71. The van der Waals surface area contributed by atoms with E-state index in [9.17, 15) is 0 Å². The molecule has 94 valence electrons. The Balaban J connectivity index is 1.73. The third kappa shape index (κ3) is 3.44. The number of guanidine groups is 1. The Kier molecular flexibility index (Phi) is 4.02. The minimum Gasteiger partial charge on any atom is -0.380 e. The van der Waals surface area contributed by atoms with E-state index in [2.05, 4.69) is 39.4 Å². The first-order chi connectivity index (χ1) is 8.22. The molecule has 0 atom stereocenters. The van der Waals surface area contributed by atoms with Crippen molar-refractivity contribution in [2.75, 3.05) is 26.8 Å². The monoisotopic (exact) mass is 253 g/mol. The maximum absolute atomic E-state index is 5.22. The van der Waals surface area contributed by atoms with Crippen LogP contribution < -0.4 is 10.6 Å². The Morgan fingerprint density at radius 1 is 1.53 bits per heavy atom. The highest BCUT2D eigenvalue weighted by Gasteiger charge is 2.33. The van der Waals surface area contributed by atoms with Crippen LogP contribution in [0.15, 0.2) is 21.8 Å². The molecule has 17 heavy (non-hydrogen) atoms. The second-order valence-electron chi connectivity index (χ2n) is 4.71. The molecule has 2 N–H and O–H groups in total. The van der Waals surface area contributed by atoms with Crippen LogP contribution in [-0.4, -0.2) is 32.8 Å². The van der Waals surface area contributed by atoms with Crippen molar-refractivity contribution < 1.29 is 4.74 Å². The number of aliphatic imine (C=N–C) groups is 1. The van der Waals surface area contributed by atoms with E-state index in [1.807, 2.05) is 0 Å². The lowest BCUT2D eigenvalue weighted by Crippen LogP contribution is -2.50. The molecule has 1 aromatic rings. The van der Waals surface area contributed by atoms with Gasteiger partial charge in [-0.3, -0.25) is 4.99 Å². The summed E-state index contributed by atoms with van der Waals surface area (Å²) in [6.45, 7) is 5.60. The Labute approximate surface area is 106 Å². The molecule has 0 amide bonds. The van der Waals surface area contributed by atoms with Crippen LogP contribution in [0.25, 0.3) is 0 Å². The molecule has 0 aliphatic carbocycles. The van der Waals surface area contributed by atoms with Crippen LogP contribution in [0.5, 0.6) is 0 Å². The van der Waals surface area contributed by atoms with Crippen LogP contribution >= 0.6 is 11.3 Å². The maximum atomic E-state index is 5.22. The van der Waals surface area contributed by atoms with E-state index >= 15 is 0 Å². The molecule has 0 unspecified atom stereocenters. The predicted octanol–water partition coefficient (Wildman–Crippen LogP) is 1.45. The number of nitrogens with one attached hydrogen (secondary N) is 2. The maximum Gasteiger partial charge on any atom is 0.191 e. The van der Waals surface area contributed by atoms with Gasteiger partial charge in [-0.05, 0) is 22.4 Å². The van der Waals surface area contributed by atoms with Crippen molar-refractivity contribution in [2.24, 2.45) is 10.4 Å². The van der Waals surface area contributed by atoms with E-state index in [0.717, 1.165) is 32.3 Å². The van der Waals surface area contributed by atoms with Gasteiger partial charge in [0, 0.05) is 25.6 Å². The van der Waals surface area contributed by atoms with Gasteiger partial charge in [-0.15, -0.1) is 0 Å². The average molecular weight is 253 g/mol. The second-order valence-corrected chi connectivity index (χ2v) is 5.49. The number of rotatable bonds is 4. The quantitative estimate of drug-likeness (QED) is 0.630. The third-order valence-corrected chi connectivity index (χ3v) is 3.58. The molecule has 1 aliphatic heterocycles. The fraction of sp³-hybridized carbons (Fsp3) is 0.583. The zero-order valence-corrected chi connectivity index (χ0v) is 11.1. The summed E-state index contributed by atoms with van der Waals surface area (Å²) < 4.78 is 5.22. The van der Waals surface area contributed by atoms with E-state index in [0.29, 0.717) is 0 Å².